The number of nitrogen functional groups attached to an aromatic ring is 1. The molecule has 1 atom stereocenters. The molecule has 0 amide bonds. The highest BCUT2D eigenvalue weighted by Crippen LogP contribution is 2.38. The van der Waals surface area contributed by atoms with Crippen LogP contribution in [0, 0.1) is 11.8 Å². The number of nitrogens with zero attached hydrogens (tertiary/aromatic N) is 1. The van der Waals surface area contributed by atoms with Crippen LogP contribution in [0.25, 0.3) is 0 Å². The summed E-state index contributed by atoms with van der Waals surface area (Å²) in [6, 6.07) is 4.10. The van der Waals surface area contributed by atoms with Crippen LogP contribution in [-0.4, -0.2) is 4.98 Å². The largest absolute Gasteiger partial charge is 0.383 e. The zero-order valence-corrected chi connectivity index (χ0v) is 11.8. The van der Waals surface area contributed by atoms with Crippen molar-refractivity contribution in [3.05, 3.63) is 23.9 Å². The molecule has 0 aromatic carbocycles. The van der Waals surface area contributed by atoms with Crippen LogP contribution in [0.1, 0.15) is 57.1 Å². The molecule has 1 fully saturated rings. The number of hydrogen-bond acceptors (Lipinski definition) is 4. The van der Waals surface area contributed by atoms with Crippen molar-refractivity contribution in [2.24, 2.45) is 17.7 Å². The van der Waals surface area contributed by atoms with E-state index in [-0.39, 0.29) is 6.04 Å². The Labute approximate surface area is 115 Å². The molecule has 0 spiro atoms. The molecule has 0 saturated heterocycles. The smallest absolute Gasteiger partial charge is 0.128 e. The highest BCUT2D eigenvalue weighted by atomic mass is 15.2. The summed E-state index contributed by atoms with van der Waals surface area (Å²) < 4.78 is 0. The van der Waals surface area contributed by atoms with Gasteiger partial charge in [-0.3, -0.25) is 11.3 Å². The van der Waals surface area contributed by atoms with Gasteiger partial charge in [-0.2, -0.15) is 0 Å². The number of nitrogens with one attached hydrogen (secondary N) is 1. The van der Waals surface area contributed by atoms with Gasteiger partial charge in [0.2, 0.25) is 0 Å². The van der Waals surface area contributed by atoms with E-state index in [9.17, 15) is 0 Å². The average molecular weight is 262 g/mol. The number of pyridine rings is 1. The molecule has 19 heavy (non-hydrogen) atoms. The molecule has 0 bridgehead atoms. The number of nitrogens with two attached hydrogens (primary N) is 2. The summed E-state index contributed by atoms with van der Waals surface area (Å²) in [5.74, 6) is 7.84. The molecular formula is C15H26N4. The summed E-state index contributed by atoms with van der Waals surface area (Å²) in [6.07, 6.45) is 9.48. The molecule has 1 aromatic heterocycles. The van der Waals surface area contributed by atoms with E-state index in [4.69, 9.17) is 11.6 Å². The van der Waals surface area contributed by atoms with Crippen LogP contribution >= 0.6 is 0 Å². The second-order valence-electron chi connectivity index (χ2n) is 5.69. The van der Waals surface area contributed by atoms with Gasteiger partial charge in [-0.1, -0.05) is 38.7 Å². The summed E-state index contributed by atoms with van der Waals surface area (Å²) in [5.41, 5.74) is 9.97. The first-order chi connectivity index (χ1) is 9.26. The van der Waals surface area contributed by atoms with E-state index < -0.39 is 0 Å². The molecule has 0 aliphatic heterocycles. The van der Waals surface area contributed by atoms with Gasteiger partial charge in [-0.15, -0.1) is 0 Å². The standard InChI is InChI=1S/C15H26N4/c1-2-4-11-6-8-12(9-7-11)14(19-17)13-5-3-10-18-15(13)16/h3,5,10-12,14,19H,2,4,6-9,17H2,1H3,(H2,16,18). The minimum atomic E-state index is 0.135. The Morgan fingerprint density at radius 2 is 2.11 bits per heavy atom. The molecule has 1 aliphatic carbocycles. The fourth-order valence-electron chi connectivity index (χ4n) is 3.39. The lowest BCUT2D eigenvalue weighted by Gasteiger charge is -2.34. The lowest BCUT2D eigenvalue weighted by Crippen LogP contribution is -2.36. The van der Waals surface area contributed by atoms with E-state index in [1.807, 2.05) is 12.1 Å². The zero-order chi connectivity index (χ0) is 13.7. The van der Waals surface area contributed by atoms with Gasteiger partial charge in [-0.25, -0.2) is 4.98 Å². The first-order valence-electron chi connectivity index (χ1n) is 7.42. The first kappa shape index (κ1) is 14.3. The van der Waals surface area contributed by atoms with Crippen LogP contribution < -0.4 is 17.0 Å². The van der Waals surface area contributed by atoms with Crippen LogP contribution in [0.2, 0.25) is 0 Å². The van der Waals surface area contributed by atoms with Crippen molar-refractivity contribution >= 4 is 5.82 Å². The Bertz CT molecular complexity index is 385. The van der Waals surface area contributed by atoms with E-state index in [1.165, 1.54) is 38.5 Å². The molecular weight excluding hydrogens is 236 g/mol. The Morgan fingerprint density at radius 1 is 1.37 bits per heavy atom. The second kappa shape index (κ2) is 6.87. The van der Waals surface area contributed by atoms with Gasteiger partial charge in [0.25, 0.3) is 0 Å². The molecule has 1 aliphatic rings. The van der Waals surface area contributed by atoms with E-state index >= 15 is 0 Å². The number of hydrazine groups is 1. The van der Waals surface area contributed by atoms with Gasteiger partial charge in [0, 0.05) is 11.8 Å². The third kappa shape index (κ3) is 3.45. The lowest BCUT2D eigenvalue weighted by molar-refractivity contribution is 0.215. The molecule has 1 unspecified atom stereocenters. The minimum absolute atomic E-state index is 0.135. The topological polar surface area (TPSA) is 77.0 Å². The quantitative estimate of drug-likeness (QED) is 0.563. The molecule has 1 heterocycles. The summed E-state index contributed by atoms with van der Waals surface area (Å²) in [5, 5.41) is 0. The van der Waals surface area contributed by atoms with Crippen molar-refractivity contribution in [3.63, 3.8) is 0 Å². The predicted octanol–water partition coefficient (Wildman–Crippen LogP) is 2.77. The fraction of sp³-hybridized carbons (Fsp3) is 0.667. The molecule has 1 saturated carbocycles. The van der Waals surface area contributed by atoms with Crippen LogP contribution in [0.3, 0.4) is 0 Å². The summed E-state index contributed by atoms with van der Waals surface area (Å²) >= 11 is 0. The third-order valence-electron chi connectivity index (χ3n) is 4.45. The molecule has 1 aromatic rings. The lowest BCUT2D eigenvalue weighted by atomic mass is 9.75. The number of hydrogen-bond donors (Lipinski definition) is 3. The third-order valence-corrected chi connectivity index (χ3v) is 4.45. The van der Waals surface area contributed by atoms with Gasteiger partial charge < -0.3 is 5.73 Å². The number of anilines is 1. The summed E-state index contributed by atoms with van der Waals surface area (Å²) in [7, 11) is 0. The van der Waals surface area contributed by atoms with Crippen molar-refractivity contribution in [1.82, 2.24) is 10.4 Å². The Morgan fingerprint density at radius 3 is 2.68 bits per heavy atom. The maximum atomic E-state index is 5.97. The summed E-state index contributed by atoms with van der Waals surface area (Å²) in [6.45, 7) is 2.27. The van der Waals surface area contributed by atoms with Crippen molar-refractivity contribution in [3.8, 4) is 0 Å². The Hall–Kier alpha value is -1.13. The SMILES string of the molecule is CCCC1CCC(C(NN)c2cccnc2N)CC1. The highest BCUT2D eigenvalue weighted by molar-refractivity contribution is 5.41. The highest BCUT2D eigenvalue weighted by Gasteiger charge is 2.28. The first-order valence-corrected chi connectivity index (χ1v) is 7.42. The normalized spacial score (nSPS) is 25.2. The average Bonchev–Trinajstić information content (AvgIpc) is 2.44. The van der Waals surface area contributed by atoms with Crippen molar-refractivity contribution < 1.29 is 0 Å². The molecule has 106 valence electrons. The van der Waals surface area contributed by atoms with Crippen molar-refractivity contribution in [2.75, 3.05) is 5.73 Å². The Kier molecular flexibility index (Phi) is 5.16. The predicted molar refractivity (Wildman–Crippen MR) is 79.1 cm³/mol. The van der Waals surface area contributed by atoms with Crippen LogP contribution in [-0.2, 0) is 0 Å². The summed E-state index contributed by atoms with van der Waals surface area (Å²) in [4.78, 5) is 4.17. The maximum Gasteiger partial charge on any atom is 0.128 e. The minimum Gasteiger partial charge on any atom is -0.383 e. The monoisotopic (exact) mass is 262 g/mol. The zero-order valence-electron chi connectivity index (χ0n) is 11.8. The van der Waals surface area contributed by atoms with Crippen LogP contribution in [0.5, 0.6) is 0 Å². The molecule has 0 radical (unpaired) electrons. The van der Waals surface area contributed by atoms with Crippen LogP contribution in [0.15, 0.2) is 18.3 Å². The molecule has 5 N–H and O–H groups in total. The van der Waals surface area contributed by atoms with E-state index in [0.29, 0.717) is 11.7 Å². The van der Waals surface area contributed by atoms with Gasteiger partial charge in [0.15, 0.2) is 0 Å². The van der Waals surface area contributed by atoms with E-state index in [1.54, 1.807) is 6.20 Å². The van der Waals surface area contributed by atoms with Crippen molar-refractivity contribution in [2.45, 2.75) is 51.5 Å². The molecule has 2 rings (SSSR count). The number of rotatable bonds is 5. The molecule has 4 heteroatoms. The van der Waals surface area contributed by atoms with E-state index in [0.717, 1.165) is 11.5 Å². The van der Waals surface area contributed by atoms with Crippen LogP contribution in [0.4, 0.5) is 5.82 Å². The van der Waals surface area contributed by atoms with Gasteiger partial charge in [0.05, 0.1) is 6.04 Å². The van der Waals surface area contributed by atoms with Gasteiger partial charge in [0.1, 0.15) is 5.82 Å². The van der Waals surface area contributed by atoms with Gasteiger partial charge in [-0.05, 0) is 30.7 Å². The molecule has 4 nitrogen and oxygen atoms in total. The maximum absolute atomic E-state index is 5.97. The number of aromatic nitrogens is 1. The van der Waals surface area contributed by atoms with Crippen molar-refractivity contribution in [1.29, 1.82) is 0 Å². The van der Waals surface area contributed by atoms with Gasteiger partial charge >= 0.3 is 0 Å². The fourth-order valence-corrected chi connectivity index (χ4v) is 3.39. The Balaban J connectivity index is 2.02. The second-order valence-corrected chi connectivity index (χ2v) is 5.69. The van der Waals surface area contributed by atoms with E-state index in [2.05, 4.69) is 17.3 Å².